The van der Waals surface area contributed by atoms with Gasteiger partial charge in [-0.2, -0.15) is 0 Å². The van der Waals surface area contributed by atoms with Gasteiger partial charge in [-0.25, -0.2) is 0 Å². The first kappa shape index (κ1) is 15.5. The third kappa shape index (κ3) is 3.23. The molecule has 1 aliphatic carbocycles. The second-order valence-electron chi connectivity index (χ2n) is 6.04. The predicted molar refractivity (Wildman–Crippen MR) is 81.3 cm³/mol. The molecule has 0 aromatic heterocycles. The molecule has 2 rings (SSSR count). The van der Waals surface area contributed by atoms with Crippen LogP contribution in [0.3, 0.4) is 0 Å². The Hall–Kier alpha value is -1.91. The van der Waals surface area contributed by atoms with Gasteiger partial charge >= 0.3 is 0 Å². The van der Waals surface area contributed by atoms with Crippen LogP contribution in [-0.4, -0.2) is 28.8 Å². The summed E-state index contributed by atoms with van der Waals surface area (Å²) in [5, 5.41) is 11.0. The summed E-state index contributed by atoms with van der Waals surface area (Å²) in [6.45, 7) is 3.88. The van der Waals surface area contributed by atoms with Crippen LogP contribution in [0.5, 0.6) is 0 Å². The van der Waals surface area contributed by atoms with E-state index in [-0.39, 0.29) is 17.6 Å². The smallest absolute Gasteiger partial charge is 0.273 e. The van der Waals surface area contributed by atoms with Gasteiger partial charge in [-0.3, -0.25) is 14.9 Å². The molecule has 114 valence electrons. The first-order valence-electron chi connectivity index (χ1n) is 7.43. The number of amides is 1. The third-order valence-electron chi connectivity index (χ3n) is 4.59. The predicted octanol–water partition coefficient (Wildman–Crippen LogP) is 3.55. The number of carbonyl (C=O) groups excluding carboxylic acids is 1. The van der Waals surface area contributed by atoms with Gasteiger partial charge in [-0.1, -0.05) is 13.0 Å². The molecule has 0 N–H and O–H groups in total. The number of benzene rings is 1. The van der Waals surface area contributed by atoms with Crippen LogP contribution < -0.4 is 0 Å². The minimum absolute atomic E-state index is 0.00603. The summed E-state index contributed by atoms with van der Waals surface area (Å²) in [5.41, 5.74) is 0.889. The van der Waals surface area contributed by atoms with Gasteiger partial charge in [0.15, 0.2) is 0 Å². The van der Waals surface area contributed by atoms with Crippen molar-refractivity contribution in [3.63, 3.8) is 0 Å². The highest BCUT2D eigenvalue weighted by atomic mass is 16.6. The van der Waals surface area contributed by atoms with E-state index in [0.717, 1.165) is 31.6 Å². The molecule has 0 bridgehead atoms. The van der Waals surface area contributed by atoms with Gasteiger partial charge in [-0.05, 0) is 44.6 Å². The van der Waals surface area contributed by atoms with Gasteiger partial charge in [0.25, 0.3) is 11.6 Å². The highest BCUT2D eigenvalue weighted by molar-refractivity contribution is 5.96. The van der Waals surface area contributed by atoms with Crippen molar-refractivity contribution < 1.29 is 9.72 Å². The second-order valence-corrected chi connectivity index (χ2v) is 6.04. The molecule has 0 unspecified atom stereocenters. The lowest BCUT2D eigenvalue weighted by molar-refractivity contribution is -0.385. The molecule has 1 fully saturated rings. The largest absolute Gasteiger partial charge is 0.339 e. The number of carbonyl (C=O) groups is 1. The fourth-order valence-electron chi connectivity index (χ4n) is 3.04. The standard InChI is InChI=1S/C16H22N2O3/c1-11-7-9-13(10-8-11)17(3)16(19)14-5-4-6-15(12(14)2)18(20)21/h4-6,11,13H,7-10H2,1-3H3. The van der Waals surface area contributed by atoms with Crippen molar-refractivity contribution in [1.29, 1.82) is 0 Å². The maximum Gasteiger partial charge on any atom is 0.273 e. The first-order valence-corrected chi connectivity index (χ1v) is 7.43. The van der Waals surface area contributed by atoms with Crippen molar-refractivity contribution in [1.82, 2.24) is 4.90 Å². The first-order chi connectivity index (χ1) is 9.91. The lowest BCUT2D eigenvalue weighted by atomic mass is 9.86. The van der Waals surface area contributed by atoms with Crippen LogP contribution in [0.1, 0.15) is 48.5 Å². The second kappa shape index (κ2) is 6.24. The normalized spacial score (nSPS) is 21.9. The van der Waals surface area contributed by atoms with Crippen molar-refractivity contribution in [2.45, 2.75) is 45.6 Å². The quantitative estimate of drug-likeness (QED) is 0.631. The van der Waals surface area contributed by atoms with E-state index in [2.05, 4.69) is 6.92 Å². The molecule has 1 saturated carbocycles. The molecule has 0 heterocycles. The van der Waals surface area contributed by atoms with Crippen molar-refractivity contribution in [3.8, 4) is 0 Å². The fraction of sp³-hybridized carbons (Fsp3) is 0.562. The van der Waals surface area contributed by atoms with E-state index >= 15 is 0 Å². The number of nitro benzene ring substituents is 1. The Morgan fingerprint density at radius 1 is 1.29 bits per heavy atom. The summed E-state index contributed by atoms with van der Waals surface area (Å²) >= 11 is 0. The summed E-state index contributed by atoms with van der Waals surface area (Å²) in [6.07, 6.45) is 4.29. The molecule has 0 radical (unpaired) electrons. The summed E-state index contributed by atoms with van der Waals surface area (Å²) in [7, 11) is 1.81. The summed E-state index contributed by atoms with van der Waals surface area (Å²) in [4.78, 5) is 24.9. The van der Waals surface area contributed by atoms with Crippen LogP contribution in [0.2, 0.25) is 0 Å². The van der Waals surface area contributed by atoms with Gasteiger partial charge in [0.1, 0.15) is 0 Å². The third-order valence-corrected chi connectivity index (χ3v) is 4.59. The average Bonchev–Trinajstić information content (AvgIpc) is 2.46. The Kier molecular flexibility index (Phi) is 4.60. The molecular formula is C16H22N2O3. The molecule has 5 heteroatoms. The molecule has 0 saturated heterocycles. The van der Waals surface area contributed by atoms with Crippen LogP contribution >= 0.6 is 0 Å². The summed E-state index contributed by atoms with van der Waals surface area (Å²) in [6, 6.07) is 4.93. The SMILES string of the molecule is Cc1c(C(=O)N(C)C2CCC(C)CC2)cccc1[N+](=O)[O-]. The van der Waals surface area contributed by atoms with E-state index in [1.807, 2.05) is 0 Å². The molecule has 0 spiro atoms. The number of hydrogen-bond acceptors (Lipinski definition) is 3. The maximum absolute atomic E-state index is 12.6. The lowest BCUT2D eigenvalue weighted by Gasteiger charge is -2.33. The van der Waals surface area contributed by atoms with E-state index in [0.29, 0.717) is 11.1 Å². The topological polar surface area (TPSA) is 63.5 Å². The number of rotatable bonds is 3. The monoisotopic (exact) mass is 290 g/mol. The molecule has 5 nitrogen and oxygen atoms in total. The van der Waals surface area contributed by atoms with Crippen LogP contribution in [0, 0.1) is 23.0 Å². The van der Waals surface area contributed by atoms with Crippen molar-refractivity contribution in [2.75, 3.05) is 7.05 Å². The molecule has 0 aliphatic heterocycles. The van der Waals surface area contributed by atoms with Crippen LogP contribution in [0.25, 0.3) is 0 Å². The molecule has 1 amide bonds. The maximum atomic E-state index is 12.6. The van der Waals surface area contributed by atoms with Crippen LogP contribution in [0.4, 0.5) is 5.69 Å². The van der Waals surface area contributed by atoms with E-state index < -0.39 is 4.92 Å². The Balaban J connectivity index is 2.20. The molecule has 0 atom stereocenters. The zero-order valence-electron chi connectivity index (χ0n) is 12.8. The zero-order valence-corrected chi connectivity index (χ0v) is 12.8. The molecular weight excluding hydrogens is 268 g/mol. The number of nitro groups is 1. The minimum Gasteiger partial charge on any atom is -0.339 e. The van der Waals surface area contributed by atoms with Crippen LogP contribution in [-0.2, 0) is 0 Å². The number of nitrogens with zero attached hydrogens (tertiary/aromatic N) is 2. The van der Waals surface area contributed by atoms with E-state index in [1.165, 1.54) is 6.07 Å². The van der Waals surface area contributed by atoms with Crippen LogP contribution in [0.15, 0.2) is 18.2 Å². The lowest BCUT2D eigenvalue weighted by Crippen LogP contribution is -2.39. The highest BCUT2D eigenvalue weighted by Gasteiger charge is 2.27. The van der Waals surface area contributed by atoms with Gasteiger partial charge in [0, 0.05) is 30.3 Å². The van der Waals surface area contributed by atoms with E-state index in [1.54, 1.807) is 31.0 Å². The van der Waals surface area contributed by atoms with Crippen molar-refractivity contribution in [3.05, 3.63) is 39.4 Å². The van der Waals surface area contributed by atoms with Crippen molar-refractivity contribution >= 4 is 11.6 Å². The Morgan fingerprint density at radius 2 is 1.90 bits per heavy atom. The molecule has 1 aromatic carbocycles. The summed E-state index contributed by atoms with van der Waals surface area (Å²) in [5.74, 6) is 0.611. The fourth-order valence-corrected chi connectivity index (χ4v) is 3.04. The minimum atomic E-state index is -0.436. The van der Waals surface area contributed by atoms with E-state index in [4.69, 9.17) is 0 Å². The molecule has 1 aromatic rings. The van der Waals surface area contributed by atoms with Gasteiger partial charge in [0.2, 0.25) is 0 Å². The Morgan fingerprint density at radius 3 is 2.48 bits per heavy atom. The highest BCUT2D eigenvalue weighted by Crippen LogP contribution is 2.28. The van der Waals surface area contributed by atoms with E-state index in [9.17, 15) is 14.9 Å². The molecule has 1 aliphatic rings. The average molecular weight is 290 g/mol. The van der Waals surface area contributed by atoms with Gasteiger partial charge < -0.3 is 4.90 Å². The van der Waals surface area contributed by atoms with Gasteiger partial charge in [0.05, 0.1) is 4.92 Å². The molecule has 21 heavy (non-hydrogen) atoms. The van der Waals surface area contributed by atoms with Gasteiger partial charge in [-0.15, -0.1) is 0 Å². The zero-order chi connectivity index (χ0) is 15.6. The number of hydrogen-bond donors (Lipinski definition) is 0. The Bertz CT molecular complexity index is 548. The van der Waals surface area contributed by atoms with Crippen molar-refractivity contribution in [2.24, 2.45) is 5.92 Å². The summed E-state index contributed by atoms with van der Waals surface area (Å²) < 4.78 is 0. The Labute approximate surface area is 125 Å².